The predicted molar refractivity (Wildman–Crippen MR) is 99.2 cm³/mol. The second-order valence-corrected chi connectivity index (χ2v) is 8.94. The lowest BCUT2D eigenvalue weighted by Crippen LogP contribution is -2.42. The SMILES string of the molecule is CC(C)(C)OC(=O)N1CCC([C@H]2C[C@H]2OCc2ccc(Br)cn2)CC1. The molecule has 25 heavy (non-hydrogen) atoms. The highest BCUT2D eigenvalue weighted by molar-refractivity contribution is 9.10. The fourth-order valence-corrected chi connectivity index (χ4v) is 3.63. The molecule has 0 N–H and O–H groups in total. The van der Waals surface area contributed by atoms with Gasteiger partial charge in [0.05, 0.1) is 18.4 Å². The number of carbonyl (C=O) groups is 1. The molecule has 0 bridgehead atoms. The van der Waals surface area contributed by atoms with E-state index in [0.717, 1.165) is 42.5 Å². The summed E-state index contributed by atoms with van der Waals surface area (Å²) in [5, 5.41) is 0. The van der Waals surface area contributed by atoms with Gasteiger partial charge in [0.25, 0.3) is 0 Å². The van der Waals surface area contributed by atoms with Gasteiger partial charge in [0.2, 0.25) is 0 Å². The maximum absolute atomic E-state index is 12.1. The van der Waals surface area contributed by atoms with Crippen LogP contribution in [-0.2, 0) is 16.1 Å². The van der Waals surface area contributed by atoms with Crippen molar-refractivity contribution in [3.05, 3.63) is 28.5 Å². The number of aromatic nitrogens is 1. The van der Waals surface area contributed by atoms with Crippen molar-refractivity contribution in [1.82, 2.24) is 9.88 Å². The Bertz CT molecular complexity index is 592. The Morgan fingerprint density at radius 3 is 2.64 bits per heavy atom. The normalized spacial score (nSPS) is 24.2. The van der Waals surface area contributed by atoms with Gasteiger partial charge in [-0.2, -0.15) is 0 Å². The zero-order valence-corrected chi connectivity index (χ0v) is 16.8. The molecule has 1 aromatic heterocycles. The fraction of sp³-hybridized carbons (Fsp3) is 0.684. The summed E-state index contributed by atoms with van der Waals surface area (Å²) in [6.07, 6.45) is 5.18. The molecule has 2 atom stereocenters. The lowest BCUT2D eigenvalue weighted by atomic mass is 9.92. The van der Waals surface area contributed by atoms with Gasteiger partial charge in [-0.3, -0.25) is 4.98 Å². The van der Waals surface area contributed by atoms with Crippen molar-refractivity contribution in [1.29, 1.82) is 0 Å². The Balaban J connectivity index is 1.38. The van der Waals surface area contributed by atoms with Crippen LogP contribution >= 0.6 is 15.9 Å². The zero-order chi connectivity index (χ0) is 18.0. The maximum atomic E-state index is 12.1. The molecular weight excluding hydrogens is 384 g/mol. The number of hydrogen-bond donors (Lipinski definition) is 0. The van der Waals surface area contributed by atoms with Gasteiger partial charge in [0, 0.05) is 23.8 Å². The molecule has 138 valence electrons. The average Bonchev–Trinajstić information content (AvgIpc) is 3.32. The van der Waals surface area contributed by atoms with E-state index in [9.17, 15) is 4.79 Å². The number of ether oxygens (including phenoxy) is 2. The smallest absolute Gasteiger partial charge is 0.410 e. The van der Waals surface area contributed by atoms with E-state index < -0.39 is 5.60 Å². The Morgan fingerprint density at radius 1 is 1.32 bits per heavy atom. The van der Waals surface area contributed by atoms with Gasteiger partial charge in [0.1, 0.15) is 5.60 Å². The monoisotopic (exact) mass is 410 g/mol. The van der Waals surface area contributed by atoms with Crippen LogP contribution in [0.25, 0.3) is 0 Å². The summed E-state index contributed by atoms with van der Waals surface area (Å²) in [5.74, 6) is 1.29. The molecule has 1 aromatic rings. The van der Waals surface area contributed by atoms with Crippen LogP contribution in [0.5, 0.6) is 0 Å². The highest BCUT2D eigenvalue weighted by Crippen LogP contribution is 2.44. The number of nitrogens with zero attached hydrogens (tertiary/aromatic N) is 2. The van der Waals surface area contributed by atoms with Gasteiger partial charge in [0.15, 0.2) is 0 Å². The second kappa shape index (κ2) is 7.62. The van der Waals surface area contributed by atoms with Gasteiger partial charge in [-0.1, -0.05) is 0 Å². The molecule has 1 aliphatic heterocycles. The fourth-order valence-electron chi connectivity index (χ4n) is 3.40. The largest absolute Gasteiger partial charge is 0.444 e. The van der Waals surface area contributed by atoms with E-state index in [-0.39, 0.29) is 6.09 Å². The molecule has 0 unspecified atom stereocenters. The summed E-state index contributed by atoms with van der Waals surface area (Å²) in [6.45, 7) is 7.87. The Kier molecular flexibility index (Phi) is 5.68. The molecule has 3 rings (SSSR count). The summed E-state index contributed by atoms with van der Waals surface area (Å²) in [4.78, 5) is 18.3. The number of halogens is 1. The molecule has 1 amide bonds. The second-order valence-electron chi connectivity index (χ2n) is 8.02. The van der Waals surface area contributed by atoms with Gasteiger partial charge in [-0.05, 0) is 79.9 Å². The van der Waals surface area contributed by atoms with Crippen LogP contribution in [0.1, 0.15) is 45.7 Å². The summed E-state index contributed by atoms with van der Waals surface area (Å²) >= 11 is 3.39. The van der Waals surface area contributed by atoms with Crippen LogP contribution in [0.15, 0.2) is 22.8 Å². The average molecular weight is 411 g/mol. The topological polar surface area (TPSA) is 51.7 Å². The summed E-state index contributed by atoms with van der Waals surface area (Å²) < 4.78 is 12.4. The lowest BCUT2D eigenvalue weighted by Gasteiger charge is -2.33. The number of hydrogen-bond acceptors (Lipinski definition) is 4. The molecule has 1 aliphatic carbocycles. The Labute approximate surface area is 158 Å². The molecule has 1 saturated heterocycles. The van der Waals surface area contributed by atoms with Crippen LogP contribution in [0, 0.1) is 11.8 Å². The summed E-state index contributed by atoms with van der Waals surface area (Å²) in [6, 6.07) is 3.98. The number of rotatable bonds is 4. The number of piperidine rings is 1. The van der Waals surface area contributed by atoms with Crippen molar-refractivity contribution in [3.8, 4) is 0 Å². The quantitative estimate of drug-likeness (QED) is 0.737. The van der Waals surface area contributed by atoms with E-state index in [1.165, 1.54) is 0 Å². The minimum absolute atomic E-state index is 0.184. The highest BCUT2D eigenvalue weighted by Gasteiger charge is 2.45. The van der Waals surface area contributed by atoms with Crippen molar-refractivity contribution < 1.29 is 14.3 Å². The predicted octanol–water partition coefficient (Wildman–Crippen LogP) is 4.40. The molecular formula is C19H27BrN2O3. The van der Waals surface area contributed by atoms with Crippen LogP contribution in [-0.4, -0.2) is 40.8 Å². The maximum Gasteiger partial charge on any atom is 0.410 e. The van der Waals surface area contributed by atoms with E-state index in [0.29, 0.717) is 24.5 Å². The molecule has 0 radical (unpaired) electrons. The number of amides is 1. The molecule has 0 spiro atoms. The lowest BCUT2D eigenvalue weighted by molar-refractivity contribution is 0.0158. The molecule has 6 heteroatoms. The summed E-state index contributed by atoms with van der Waals surface area (Å²) in [5.41, 5.74) is 0.540. The number of carbonyl (C=O) groups excluding carboxylic acids is 1. The number of likely N-dealkylation sites (tertiary alicyclic amines) is 1. The minimum atomic E-state index is -0.426. The Hall–Kier alpha value is -1.14. The van der Waals surface area contributed by atoms with Crippen LogP contribution in [0.3, 0.4) is 0 Å². The van der Waals surface area contributed by atoms with Crippen molar-refractivity contribution >= 4 is 22.0 Å². The van der Waals surface area contributed by atoms with E-state index >= 15 is 0 Å². The Morgan fingerprint density at radius 2 is 2.04 bits per heavy atom. The molecule has 5 nitrogen and oxygen atoms in total. The van der Waals surface area contributed by atoms with E-state index in [1.807, 2.05) is 37.8 Å². The van der Waals surface area contributed by atoms with Crippen molar-refractivity contribution in [2.45, 2.75) is 58.3 Å². The third-order valence-corrected chi connectivity index (χ3v) is 5.28. The molecule has 2 aliphatic rings. The molecule has 1 saturated carbocycles. The van der Waals surface area contributed by atoms with Crippen LogP contribution in [0.4, 0.5) is 4.79 Å². The first kappa shape index (κ1) is 18.6. The van der Waals surface area contributed by atoms with Gasteiger partial charge < -0.3 is 14.4 Å². The standard InChI is InChI=1S/C19H27BrN2O3/c1-19(2,3)25-18(23)22-8-6-13(7-9-22)16-10-17(16)24-12-15-5-4-14(20)11-21-15/h4-5,11,13,16-17H,6-10,12H2,1-3H3/t16-,17-/m1/s1. The van der Waals surface area contributed by atoms with Gasteiger partial charge >= 0.3 is 6.09 Å². The highest BCUT2D eigenvalue weighted by atomic mass is 79.9. The van der Waals surface area contributed by atoms with Crippen LogP contribution in [0.2, 0.25) is 0 Å². The third-order valence-electron chi connectivity index (χ3n) is 4.81. The zero-order valence-electron chi connectivity index (χ0n) is 15.2. The summed E-state index contributed by atoms with van der Waals surface area (Å²) in [7, 11) is 0. The third kappa shape index (κ3) is 5.42. The van der Waals surface area contributed by atoms with E-state index in [2.05, 4.69) is 20.9 Å². The first-order valence-electron chi connectivity index (χ1n) is 9.02. The van der Waals surface area contributed by atoms with E-state index in [1.54, 1.807) is 6.20 Å². The van der Waals surface area contributed by atoms with E-state index in [4.69, 9.17) is 9.47 Å². The molecule has 2 fully saturated rings. The van der Waals surface area contributed by atoms with Crippen LogP contribution < -0.4 is 0 Å². The minimum Gasteiger partial charge on any atom is -0.444 e. The van der Waals surface area contributed by atoms with Gasteiger partial charge in [-0.25, -0.2) is 4.79 Å². The van der Waals surface area contributed by atoms with Crippen molar-refractivity contribution in [3.63, 3.8) is 0 Å². The first-order valence-corrected chi connectivity index (χ1v) is 9.81. The molecule has 2 heterocycles. The van der Waals surface area contributed by atoms with Crippen molar-refractivity contribution in [2.24, 2.45) is 11.8 Å². The van der Waals surface area contributed by atoms with Gasteiger partial charge in [-0.15, -0.1) is 0 Å². The molecule has 0 aromatic carbocycles. The van der Waals surface area contributed by atoms with Crippen molar-refractivity contribution in [2.75, 3.05) is 13.1 Å². The first-order chi connectivity index (χ1) is 11.8. The number of pyridine rings is 1.